The molecule has 0 aliphatic rings. The maximum atomic E-state index is 13.7. The lowest BCUT2D eigenvalue weighted by atomic mass is 10.1. The molecule has 0 spiro atoms. The highest BCUT2D eigenvalue weighted by molar-refractivity contribution is 7.22. The number of amides is 1. The van der Waals surface area contributed by atoms with E-state index in [-0.39, 0.29) is 5.91 Å². The molecule has 0 atom stereocenters. The molecule has 0 aliphatic heterocycles. The summed E-state index contributed by atoms with van der Waals surface area (Å²) in [6.07, 6.45) is 3.46. The summed E-state index contributed by atoms with van der Waals surface area (Å²) >= 11 is 7.58. The van der Waals surface area contributed by atoms with E-state index in [1.165, 1.54) is 11.3 Å². The molecule has 5 rings (SSSR count). The van der Waals surface area contributed by atoms with Crippen LogP contribution in [0.1, 0.15) is 15.9 Å². The molecule has 3 aromatic carbocycles. The van der Waals surface area contributed by atoms with Gasteiger partial charge in [0, 0.05) is 23.0 Å². The minimum Gasteiger partial charge on any atom is -0.457 e. The highest BCUT2D eigenvalue weighted by Gasteiger charge is 2.22. The van der Waals surface area contributed by atoms with Crippen molar-refractivity contribution in [3.63, 3.8) is 0 Å². The van der Waals surface area contributed by atoms with E-state index in [0.29, 0.717) is 33.8 Å². The molecule has 0 N–H and O–H groups in total. The number of pyridine rings is 1. The van der Waals surface area contributed by atoms with Gasteiger partial charge in [0.25, 0.3) is 5.91 Å². The van der Waals surface area contributed by atoms with Crippen LogP contribution >= 0.6 is 22.9 Å². The number of rotatable bonds is 6. The first-order chi connectivity index (χ1) is 16.2. The van der Waals surface area contributed by atoms with Crippen LogP contribution in [0.3, 0.4) is 0 Å². The Morgan fingerprint density at radius 1 is 0.939 bits per heavy atom. The number of para-hydroxylation sites is 1. The zero-order valence-electron chi connectivity index (χ0n) is 17.4. The first-order valence-electron chi connectivity index (χ1n) is 10.3. The molecular formula is C26H18ClN3O2S. The van der Waals surface area contributed by atoms with Gasteiger partial charge in [-0.2, -0.15) is 0 Å². The molecule has 7 heteroatoms. The van der Waals surface area contributed by atoms with Gasteiger partial charge >= 0.3 is 0 Å². The van der Waals surface area contributed by atoms with Crippen molar-refractivity contribution in [2.24, 2.45) is 0 Å². The third-order valence-electron chi connectivity index (χ3n) is 4.94. The number of carbonyl (C=O) groups excluding carboxylic acids is 1. The van der Waals surface area contributed by atoms with Crippen LogP contribution in [0.25, 0.3) is 10.2 Å². The van der Waals surface area contributed by atoms with Gasteiger partial charge in [0.05, 0.1) is 16.8 Å². The van der Waals surface area contributed by atoms with Crippen molar-refractivity contribution in [2.75, 3.05) is 4.90 Å². The van der Waals surface area contributed by atoms with Crippen LogP contribution in [-0.4, -0.2) is 15.9 Å². The maximum Gasteiger partial charge on any atom is 0.260 e. The number of halogens is 1. The van der Waals surface area contributed by atoms with E-state index in [1.54, 1.807) is 35.5 Å². The smallest absolute Gasteiger partial charge is 0.260 e. The fourth-order valence-electron chi connectivity index (χ4n) is 3.38. The molecule has 0 saturated carbocycles. The molecular weight excluding hydrogens is 454 g/mol. The molecule has 5 aromatic rings. The van der Waals surface area contributed by atoms with E-state index in [4.69, 9.17) is 21.3 Å². The number of fused-ring (bicyclic) bond motifs is 1. The number of nitrogens with zero attached hydrogens (tertiary/aromatic N) is 3. The van der Waals surface area contributed by atoms with Crippen LogP contribution in [0, 0.1) is 0 Å². The molecule has 1 amide bonds. The van der Waals surface area contributed by atoms with Crippen molar-refractivity contribution >= 4 is 44.2 Å². The van der Waals surface area contributed by atoms with Crippen LogP contribution < -0.4 is 9.64 Å². The second-order valence-electron chi connectivity index (χ2n) is 7.30. The van der Waals surface area contributed by atoms with Crippen LogP contribution in [-0.2, 0) is 6.54 Å². The van der Waals surface area contributed by atoms with Crippen molar-refractivity contribution in [1.82, 2.24) is 9.97 Å². The number of thiazole rings is 1. The van der Waals surface area contributed by atoms with E-state index in [0.717, 1.165) is 15.8 Å². The van der Waals surface area contributed by atoms with Gasteiger partial charge in [-0.1, -0.05) is 53.3 Å². The van der Waals surface area contributed by atoms with E-state index in [2.05, 4.69) is 4.98 Å². The normalized spacial score (nSPS) is 10.8. The summed E-state index contributed by atoms with van der Waals surface area (Å²) in [5.41, 5.74) is 2.20. The highest BCUT2D eigenvalue weighted by Crippen LogP contribution is 2.33. The Bertz CT molecular complexity index is 1410. The van der Waals surface area contributed by atoms with Gasteiger partial charge in [0.15, 0.2) is 5.13 Å². The number of hydrogen-bond donors (Lipinski definition) is 0. The van der Waals surface area contributed by atoms with Crippen LogP contribution in [0.5, 0.6) is 11.5 Å². The summed E-state index contributed by atoms with van der Waals surface area (Å²) in [5, 5.41) is 1.23. The minimum atomic E-state index is -0.178. The average Bonchev–Trinajstić information content (AvgIpc) is 3.26. The van der Waals surface area contributed by atoms with Crippen LogP contribution in [0.2, 0.25) is 5.02 Å². The van der Waals surface area contributed by atoms with Crippen LogP contribution in [0.15, 0.2) is 97.3 Å². The van der Waals surface area contributed by atoms with Gasteiger partial charge in [-0.3, -0.25) is 14.7 Å². The molecule has 0 bridgehead atoms. The first-order valence-corrected chi connectivity index (χ1v) is 11.4. The van der Waals surface area contributed by atoms with Gasteiger partial charge in [-0.25, -0.2) is 4.98 Å². The molecule has 2 heterocycles. The highest BCUT2D eigenvalue weighted by atomic mass is 35.5. The van der Waals surface area contributed by atoms with Crippen molar-refractivity contribution in [3.8, 4) is 11.5 Å². The zero-order chi connectivity index (χ0) is 22.6. The van der Waals surface area contributed by atoms with E-state index in [9.17, 15) is 4.79 Å². The number of aromatic nitrogens is 2. The summed E-state index contributed by atoms with van der Waals surface area (Å²) in [5.74, 6) is 1.12. The van der Waals surface area contributed by atoms with Crippen LogP contribution in [0.4, 0.5) is 5.13 Å². The van der Waals surface area contributed by atoms with Crippen molar-refractivity contribution in [1.29, 1.82) is 0 Å². The molecule has 2 aromatic heterocycles. The minimum absolute atomic E-state index is 0.178. The predicted octanol–water partition coefficient (Wildman–Crippen LogP) is 6.98. The Morgan fingerprint density at radius 2 is 1.79 bits per heavy atom. The lowest BCUT2D eigenvalue weighted by Gasteiger charge is -2.20. The fourth-order valence-corrected chi connectivity index (χ4v) is 4.61. The number of hydrogen-bond acceptors (Lipinski definition) is 5. The third kappa shape index (κ3) is 4.87. The first kappa shape index (κ1) is 21.1. The Kier molecular flexibility index (Phi) is 6.02. The summed E-state index contributed by atoms with van der Waals surface area (Å²) in [6.45, 7) is 0.337. The van der Waals surface area contributed by atoms with Crippen molar-refractivity contribution in [3.05, 3.63) is 113 Å². The van der Waals surface area contributed by atoms with E-state index < -0.39 is 0 Å². The average molecular weight is 472 g/mol. The lowest BCUT2D eigenvalue weighted by Crippen LogP contribution is -2.30. The van der Waals surface area contributed by atoms with Gasteiger partial charge in [0.2, 0.25) is 0 Å². The Balaban J connectivity index is 1.50. The Hall–Kier alpha value is -3.74. The predicted molar refractivity (Wildman–Crippen MR) is 132 cm³/mol. The summed E-state index contributed by atoms with van der Waals surface area (Å²) < 4.78 is 6.84. The number of carbonyl (C=O) groups is 1. The molecule has 33 heavy (non-hydrogen) atoms. The van der Waals surface area contributed by atoms with E-state index >= 15 is 0 Å². The van der Waals surface area contributed by atoms with Gasteiger partial charge in [0.1, 0.15) is 11.5 Å². The van der Waals surface area contributed by atoms with Gasteiger partial charge < -0.3 is 4.74 Å². The standard InChI is InChI=1S/C26H18ClN3O2S/c27-20-11-12-23-24(15-20)33-26(29-23)30(17-18-6-5-13-28-16-18)25(31)19-7-4-10-22(14-19)32-21-8-2-1-3-9-21/h1-16H,17H2. The maximum absolute atomic E-state index is 13.7. The molecule has 5 nitrogen and oxygen atoms in total. The largest absolute Gasteiger partial charge is 0.457 e. The summed E-state index contributed by atoms with van der Waals surface area (Å²) in [4.78, 5) is 24.2. The molecule has 0 unspecified atom stereocenters. The summed E-state index contributed by atoms with van der Waals surface area (Å²) in [6, 6.07) is 25.9. The topological polar surface area (TPSA) is 55.3 Å². The zero-order valence-corrected chi connectivity index (χ0v) is 19.0. The fraction of sp³-hybridized carbons (Fsp3) is 0.0385. The summed E-state index contributed by atoms with van der Waals surface area (Å²) in [7, 11) is 0. The Labute approximate surface area is 199 Å². The molecule has 0 aliphatic carbocycles. The SMILES string of the molecule is O=C(c1cccc(Oc2ccccc2)c1)N(Cc1cccnc1)c1nc2ccc(Cl)cc2s1. The van der Waals surface area contributed by atoms with Crippen molar-refractivity contribution in [2.45, 2.75) is 6.54 Å². The molecule has 0 radical (unpaired) electrons. The van der Waals surface area contributed by atoms with Gasteiger partial charge in [-0.15, -0.1) is 0 Å². The quantitative estimate of drug-likeness (QED) is 0.268. The number of ether oxygens (including phenoxy) is 1. The number of anilines is 1. The Morgan fingerprint density at radius 3 is 2.61 bits per heavy atom. The van der Waals surface area contributed by atoms with Crippen molar-refractivity contribution < 1.29 is 9.53 Å². The molecule has 0 fully saturated rings. The molecule has 162 valence electrons. The molecule has 0 saturated heterocycles. The lowest BCUT2D eigenvalue weighted by molar-refractivity contribution is 0.0985. The van der Waals surface area contributed by atoms with E-state index in [1.807, 2.05) is 66.7 Å². The monoisotopic (exact) mass is 471 g/mol. The second kappa shape index (κ2) is 9.40. The second-order valence-corrected chi connectivity index (χ2v) is 8.75. The third-order valence-corrected chi connectivity index (χ3v) is 6.21. The van der Waals surface area contributed by atoms with Gasteiger partial charge in [-0.05, 0) is 60.2 Å². The number of benzene rings is 3.